The van der Waals surface area contributed by atoms with Gasteiger partial charge in [0.05, 0.1) is 18.5 Å². The fraction of sp³-hybridized carbons (Fsp3) is 0.200. The van der Waals surface area contributed by atoms with Gasteiger partial charge in [-0.1, -0.05) is 34.1 Å². The Morgan fingerprint density at radius 2 is 1.95 bits per heavy atom. The lowest BCUT2D eigenvalue weighted by molar-refractivity contribution is 0.417. The van der Waals surface area contributed by atoms with Gasteiger partial charge in [0.1, 0.15) is 5.75 Å². The number of nitrogens with two attached hydrogens (primary N) is 1. The van der Waals surface area contributed by atoms with Gasteiger partial charge in [-0.25, -0.2) is 0 Å². The van der Waals surface area contributed by atoms with Crippen LogP contribution in [0.5, 0.6) is 5.75 Å². The largest absolute Gasteiger partial charge is 0.495 e. The zero-order valence-corrected chi connectivity index (χ0v) is 12.6. The molecule has 0 aromatic heterocycles. The fourth-order valence-electron chi connectivity index (χ4n) is 1.94. The van der Waals surface area contributed by atoms with Crippen LogP contribution in [0.2, 0.25) is 0 Å². The number of para-hydroxylation sites is 1. The highest BCUT2D eigenvalue weighted by Gasteiger charge is 2.10. The molecule has 0 aliphatic rings. The normalized spacial score (nSPS) is 11.9. The summed E-state index contributed by atoms with van der Waals surface area (Å²) in [6.45, 7) is 2.10. The van der Waals surface area contributed by atoms with Gasteiger partial charge in [0, 0.05) is 10.5 Å². The average Bonchev–Trinajstić information content (AvgIpc) is 2.41. The number of nitrogens with one attached hydrogen (secondary N) is 1. The SMILES string of the molecule is COc1cccc(NC(C)c2cccc(Br)c2)c1N. The number of ether oxygens (including phenoxy) is 1. The summed E-state index contributed by atoms with van der Waals surface area (Å²) in [4.78, 5) is 0. The highest BCUT2D eigenvalue weighted by atomic mass is 79.9. The predicted molar refractivity (Wildman–Crippen MR) is 83.6 cm³/mol. The van der Waals surface area contributed by atoms with E-state index < -0.39 is 0 Å². The molecular formula is C15H17BrN2O. The Labute approximate surface area is 121 Å². The summed E-state index contributed by atoms with van der Waals surface area (Å²) < 4.78 is 6.29. The molecule has 2 rings (SSSR count). The Balaban J connectivity index is 2.21. The number of methoxy groups -OCH3 is 1. The van der Waals surface area contributed by atoms with Gasteiger partial charge in [-0.05, 0) is 36.8 Å². The predicted octanol–water partition coefficient (Wildman–Crippen LogP) is 4.21. The highest BCUT2D eigenvalue weighted by Crippen LogP contribution is 2.31. The summed E-state index contributed by atoms with van der Waals surface area (Å²) in [7, 11) is 1.62. The standard InChI is InChI=1S/C15H17BrN2O/c1-10(11-5-3-6-12(16)9-11)18-13-7-4-8-14(19-2)15(13)17/h3-10,18H,17H2,1-2H3. The molecule has 0 saturated heterocycles. The van der Waals surface area contributed by atoms with Crippen molar-refractivity contribution in [3.8, 4) is 5.75 Å². The topological polar surface area (TPSA) is 47.3 Å². The first-order valence-electron chi connectivity index (χ1n) is 6.06. The number of halogens is 1. The maximum Gasteiger partial charge on any atom is 0.143 e. The highest BCUT2D eigenvalue weighted by molar-refractivity contribution is 9.10. The maximum absolute atomic E-state index is 6.05. The molecule has 0 radical (unpaired) electrons. The van der Waals surface area contributed by atoms with E-state index in [9.17, 15) is 0 Å². The lowest BCUT2D eigenvalue weighted by Gasteiger charge is -2.18. The first-order valence-corrected chi connectivity index (χ1v) is 6.85. The minimum absolute atomic E-state index is 0.159. The van der Waals surface area contributed by atoms with Gasteiger partial charge in [0.25, 0.3) is 0 Å². The zero-order valence-electron chi connectivity index (χ0n) is 11.0. The molecule has 1 unspecified atom stereocenters. The van der Waals surface area contributed by atoms with E-state index in [4.69, 9.17) is 10.5 Å². The lowest BCUT2D eigenvalue weighted by Crippen LogP contribution is -2.08. The van der Waals surface area contributed by atoms with Crippen LogP contribution in [0.15, 0.2) is 46.9 Å². The van der Waals surface area contributed by atoms with E-state index in [1.54, 1.807) is 7.11 Å². The molecule has 0 aliphatic carbocycles. The van der Waals surface area contributed by atoms with Crippen LogP contribution >= 0.6 is 15.9 Å². The second-order valence-corrected chi connectivity index (χ2v) is 5.26. The first-order chi connectivity index (χ1) is 9.11. The van der Waals surface area contributed by atoms with E-state index in [0.29, 0.717) is 11.4 Å². The maximum atomic E-state index is 6.05. The molecular weight excluding hydrogens is 304 g/mol. The Morgan fingerprint density at radius 1 is 1.21 bits per heavy atom. The number of rotatable bonds is 4. The summed E-state index contributed by atoms with van der Waals surface area (Å²) in [5, 5.41) is 3.40. The van der Waals surface area contributed by atoms with Crippen LogP contribution in [0.25, 0.3) is 0 Å². The molecule has 0 bridgehead atoms. The third kappa shape index (κ3) is 3.20. The molecule has 0 saturated carbocycles. The molecule has 100 valence electrons. The van der Waals surface area contributed by atoms with Gasteiger partial charge < -0.3 is 15.8 Å². The summed E-state index contributed by atoms with van der Waals surface area (Å²) in [6.07, 6.45) is 0. The van der Waals surface area contributed by atoms with Crippen molar-refractivity contribution in [2.75, 3.05) is 18.2 Å². The van der Waals surface area contributed by atoms with Crippen molar-refractivity contribution >= 4 is 27.3 Å². The second-order valence-electron chi connectivity index (χ2n) is 4.34. The van der Waals surface area contributed by atoms with Crippen molar-refractivity contribution < 1.29 is 4.74 Å². The van der Waals surface area contributed by atoms with E-state index >= 15 is 0 Å². The zero-order chi connectivity index (χ0) is 13.8. The van der Waals surface area contributed by atoms with Gasteiger partial charge in [-0.2, -0.15) is 0 Å². The van der Waals surface area contributed by atoms with Crippen LogP contribution in [0.4, 0.5) is 11.4 Å². The molecule has 0 fully saturated rings. The summed E-state index contributed by atoms with van der Waals surface area (Å²) >= 11 is 3.48. The average molecular weight is 321 g/mol. The number of benzene rings is 2. The third-order valence-corrected chi connectivity index (χ3v) is 3.50. The Bertz CT molecular complexity index is 572. The van der Waals surface area contributed by atoms with Crippen LogP contribution in [0, 0.1) is 0 Å². The molecule has 0 heterocycles. The fourth-order valence-corrected chi connectivity index (χ4v) is 2.36. The molecule has 0 amide bonds. The molecule has 0 aliphatic heterocycles. The van der Waals surface area contributed by atoms with Gasteiger partial charge in [-0.15, -0.1) is 0 Å². The summed E-state index contributed by atoms with van der Waals surface area (Å²) in [5.74, 6) is 0.687. The van der Waals surface area contributed by atoms with Gasteiger partial charge in [0.15, 0.2) is 0 Å². The lowest BCUT2D eigenvalue weighted by atomic mass is 10.1. The molecule has 19 heavy (non-hydrogen) atoms. The van der Waals surface area contributed by atoms with Gasteiger partial charge in [-0.3, -0.25) is 0 Å². The van der Waals surface area contributed by atoms with E-state index in [-0.39, 0.29) is 6.04 Å². The van der Waals surface area contributed by atoms with Crippen LogP contribution in [-0.4, -0.2) is 7.11 Å². The van der Waals surface area contributed by atoms with Gasteiger partial charge >= 0.3 is 0 Å². The number of nitrogen functional groups attached to an aromatic ring is 1. The Kier molecular flexibility index (Phi) is 4.32. The van der Waals surface area contributed by atoms with E-state index in [2.05, 4.69) is 40.3 Å². The summed E-state index contributed by atoms with van der Waals surface area (Å²) in [5.41, 5.74) is 8.76. The van der Waals surface area contributed by atoms with Crippen molar-refractivity contribution in [3.63, 3.8) is 0 Å². The van der Waals surface area contributed by atoms with Crippen molar-refractivity contribution in [3.05, 3.63) is 52.5 Å². The number of anilines is 2. The molecule has 4 heteroatoms. The number of hydrogen-bond donors (Lipinski definition) is 2. The smallest absolute Gasteiger partial charge is 0.143 e. The Morgan fingerprint density at radius 3 is 2.63 bits per heavy atom. The molecule has 0 spiro atoms. The minimum Gasteiger partial charge on any atom is -0.495 e. The monoisotopic (exact) mass is 320 g/mol. The van der Waals surface area contributed by atoms with Crippen LogP contribution < -0.4 is 15.8 Å². The van der Waals surface area contributed by atoms with Gasteiger partial charge in [0.2, 0.25) is 0 Å². The summed E-state index contributed by atoms with van der Waals surface area (Å²) in [6, 6.07) is 14.1. The van der Waals surface area contributed by atoms with Crippen LogP contribution in [0.1, 0.15) is 18.5 Å². The first kappa shape index (κ1) is 13.7. The molecule has 2 aromatic carbocycles. The number of hydrogen-bond acceptors (Lipinski definition) is 3. The minimum atomic E-state index is 0.159. The van der Waals surface area contributed by atoms with Crippen molar-refractivity contribution in [2.45, 2.75) is 13.0 Å². The van der Waals surface area contributed by atoms with Crippen molar-refractivity contribution in [1.29, 1.82) is 0 Å². The van der Waals surface area contributed by atoms with Crippen LogP contribution in [-0.2, 0) is 0 Å². The van der Waals surface area contributed by atoms with E-state index in [1.807, 2.05) is 30.3 Å². The van der Waals surface area contributed by atoms with Crippen molar-refractivity contribution in [1.82, 2.24) is 0 Å². The molecule has 1 atom stereocenters. The third-order valence-electron chi connectivity index (χ3n) is 3.01. The Hall–Kier alpha value is -1.68. The quantitative estimate of drug-likeness (QED) is 0.829. The molecule has 3 nitrogen and oxygen atoms in total. The molecule has 2 aromatic rings. The van der Waals surface area contributed by atoms with Crippen molar-refractivity contribution in [2.24, 2.45) is 0 Å². The van der Waals surface area contributed by atoms with Crippen LogP contribution in [0.3, 0.4) is 0 Å². The van der Waals surface area contributed by atoms with E-state index in [0.717, 1.165) is 10.2 Å². The van der Waals surface area contributed by atoms with E-state index in [1.165, 1.54) is 5.56 Å². The molecule has 3 N–H and O–H groups in total. The second kappa shape index (κ2) is 5.97.